The second kappa shape index (κ2) is 15.8. The van der Waals surface area contributed by atoms with Gasteiger partial charge in [0.05, 0.1) is 7.11 Å². The molecule has 11 nitrogen and oxygen atoms in total. The van der Waals surface area contributed by atoms with Crippen LogP contribution in [-0.4, -0.2) is 82.0 Å². The van der Waals surface area contributed by atoms with E-state index >= 15 is 0 Å². The van der Waals surface area contributed by atoms with Crippen LogP contribution in [0.1, 0.15) is 49.3 Å². The van der Waals surface area contributed by atoms with Gasteiger partial charge in [-0.2, -0.15) is 4.98 Å². The van der Waals surface area contributed by atoms with Crippen molar-refractivity contribution < 1.29 is 29.0 Å². The number of nitrogens with zero attached hydrogens (tertiary/aromatic N) is 4. The van der Waals surface area contributed by atoms with E-state index in [1.54, 1.807) is 16.0 Å². The zero-order valence-electron chi connectivity index (χ0n) is 25.6. The first-order chi connectivity index (χ1) is 21.3. The van der Waals surface area contributed by atoms with Crippen LogP contribution in [0.4, 0.5) is 0 Å². The highest BCUT2D eigenvalue weighted by molar-refractivity contribution is 5.79. The Morgan fingerprint density at radius 3 is 2.55 bits per heavy atom. The third-order valence-corrected chi connectivity index (χ3v) is 7.83. The number of carbonyl (C=O) groups excluding carboxylic acids is 2. The predicted octanol–water partition coefficient (Wildman–Crippen LogP) is 3.83. The second-order valence-electron chi connectivity index (χ2n) is 10.9. The third-order valence-electron chi connectivity index (χ3n) is 7.83. The molecule has 44 heavy (non-hydrogen) atoms. The molecule has 1 fully saturated rings. The first kappa shape index (κ1) is 32.4. The smallest absolute Gasteiger partial charge is 0.322 e. The molecule has 0 aliphatic carbocycles. The summed E-state index contributed by atoms with van der Waals surface area (Å²) in [6.07, 6.45) is 4.26. The fourth-order valence-corrected chi connectivity index (χ4v) is 5.33. The van der Waals surface area contributed by atoms with Gasteiger partial charge in [-0.05, 0) is 42.0 Å². The summed E-state index contributed by atoms with van der Waals surface area (Å²) in [5, 5.41) is 12.7. The number of carbonyl (C=O) groups is 3. The van der Waals surface area contributed by atoms with Gasteiger partial charge in [0.15, 0.2) is 0 Å². The van der Waals surface area contributed by atoms with Gasteiger partial charge in [0, 0.05) is 57.8 Å². The molecule has 2 amide bonds. The maximum absolute atomic E-state index is 12.8. The lowest BCUT2D eigenvalue weighted by Crippen LogP contribution is -2.57. The van der Waals surface area contributed by atoms with E-state index in [0.717, 1.165) is 35.1 Å². The van der Waals surface area contributed by atoms with E-state index in [4.69, 9.17) is 9.47 Å². The monoisotopic (exact) mass is 603 g/mol. The molecule has 1 saturated heterocycles. The van der Waals surface area contributed by atoms with E-state index in [0.29, 0.717) is 43.9 Å². The Kier molecular flexibility index (Phi) is 11.6. The molecule has 234 valence electrons. The number of methoxy groups -OCH3 is 1. The van der Waals surface area contributed by atoms with Crippen molar-refractivity contribution in [2.75, 3.05) is 33.3 Å². The van der Waals surface area contributed by atoms with Crippen LogP contribution in [0, 0.1) is 6.92 Å². The number of unbranched alkanes of at least 4 members (excludes halogenated alkanes) is 2. The lowest BCUT2D eigenvalue weighted by atomic mass is 9.97. The fraction of sp³-hybridized carbons (Fsp3) is 0.424. The molecule has 2 aromatic carbocycles. The van der Waals surface area contributed by atoms with Crippen LogP contribution < -0.4 is 14.8 Å². The van der Waals surface area contributed by atoms with Crippen molar-refractivity contribution >= 4 is 17.8 Å². The number of ether oxygens (including phenoxy) is 2. The zero-order valence-corrected chi connectivity index (χ0v) is 25.6. The van der Waals surface area contributed by atoms with Gasteiger partial charge in [0.1, 0.15) is 12.6 Å². The molecule has 1 unspecified atom stereocenters. The third kappa shape index (κ3) is 8.76. The first-order valence-electron chi connectivity index (χ1n) is 14.9. The largest absolute Gasteiger partial charge is 0.481 e. The number of benzene rings is 2. The first-order valence-corrected chi connectivity index (χ1v) is 14.9. The summed E-state index contributed by atoms with van der Waals surface area (Å²) in [6.45, 7) is 5.59. The van der Waals surface area contributed by atoms with Crippen molar-refractivity contribution in [2.24, 2.45) is 0 Å². The number of aliphatic carboxylic acids is 1. The molecule has 11 heteroatoms. The lowest BCUT2D eigenvalue weighted by molar-refractivity contribution is -0.149. The number of hydrogen-bond donors (Lipinski definition) is 2. The number of aromatic nitrogens is 2. The van der Waals surface area contributed by atoms with Crippen LogP contribution in [0.2, 0.25) is 0 Å². The highest BCUT2D eigenvalue weighted by Crippen LogP contribution is 2.27. The quantitative estimate of drug-likeness (QED) is 0.264. The summed E-state index contributed by atoms with van der Waals surface area (Å²) in [6, 6.07) is 15.6. The molecule has 1 aromatic heterocycles. The van der Waals surface area contributed by atoms with Gasteiger partial charge in [0.25, 0.3) is 0 Å². The number of carboxylic acids is 1. The van der Waals surface area contributed by atoms with E-state index in [1.807, 2.05) is 30.3 Å². The molecule has 3 aromatic rings. The van der Waals surface area contributed by atoms with Crippen molar-refractivity contribution in [3.05, 3.63) is 71.4 Å². The average Bonchev–Trinajstić information content (AvgIpc) is 3.03. The Hall–Kier alpha value is -4.51. The Morgan fingerprint density at radius 1 is 1.02 bits per heavy atom. The highest BCUT2D eigenvalue weighted by Gasteiger charge is 2.34. The molecule has 1 aliphatic heterocycles. The summed E-state index contributed by atoms with van der Waals surface area (Å²) in [5.41, 5.74) is 5.02. The van der Waals surface area contributed by atoms with Gasteiger partial charge >= 0.3 is 12.0 Å². The summed E-state index contributed by atoms with van der Waals surface area (Å²) in [4.78, 5) is 48.2. The van der Waals surface area contributed by atoms with Gasteiger partial charge in [-0.3, -0.25) is 19.3 Å². The summed E-state index contributed by atoms with van der Waals surface area (Å²) >= 11 is 0. The molecule has 0 radical (unpaired) electrons. The van der Waals surface area contributed by atoms with Crippen molar-refractivity contribution in [3.63, 3.8) is 0 Å². The topological polar surface area (TPSA) is 134 Å². The molecular formula is C33H41N5O6. The van der Waals surface area contributed by atoms with E-state index in [-0.39, 0.29) is 37.5 Å². The van der Waals surface area contributed by atoms with Gasteiger partial charge in [-0.1, -0.05) is 55.0 Å². The molecule has 4 rings (SSSR count). The van der Waals surface area contributed by atoms with E-state index in [1.165, 1.54) is 14.0 Å². The second-order valence-corrected chi connectivity index (χ2v) is 10.9. The molecule has 0 spiro atoms. The van der Waals surface area contributed by atoms with Crippen LogP contribution in [-0.2, 0) is 27.5 Å². The van der Waals surface area contributed by atoms with Gasteiger partial charge in [-0.15, -0.1) is 0 Å². The standard InChI is InChI=1S/C33H41N5O6/c1-23-26(13-10-14-28(23)25-11-6-4-7-12-25)22-44-33-35-19-27(31(36-33)43-3)20-37-17-18-38(21-29(37)32(41)42)30(40)15-8-5-9-16-34-24(2)39/h4,6-7,10-14,19,29H,5,8-9,15-18,20-22H2,1-3H3,(H,34,39)(H,41,42). The van der Waals surface area contributed by atoms with Gasteiger partial charge < -0.3 is 24.8 Å². The molecule has 0 saturated carbocycles. The van der Waals surface area contributed by atoms with Gasteiger partial charge in [-0.25, -0.2) is 4.98 Å². The number of amides is 2. The normalized spacial score (nSPS) is 15.1. The molecule has 2 N–H and O–H groups in total. The minimum atomic E-state index is -0.995. The Balaban J connectivity index is 1.34. The average molecular weight is 604 g/mol. The van der Waals surface area contributed by atoms with Crippen molar-refractivity contribution in [1.82, 2.24) is 25.1 Å². The molecule has 0 bridgehead atoms. The number of rotatable bonds is 14. The highest BCUT2D eigenvalue weighted by atomic mass is 16.5. The number of hydrogen-bond acceptors (Lipinski definition) is 8. The van der Waals surface area contributed by atoms with E-state index in [2.05, 4.69) is 40.4 Å². The summed E-state index contributed by atoms with van der Waals surface area (Å²) in [7, 11) is 1.50. The van der Waals surface area contributed by atoms with Crippen LogP contribution in [0.15, 0.2) is 54.7 Å². The fourth-order valence-electron chi connectivity index (χ4n) is 5.33. The van der Waals surface area contributed by atoms with E-state index < -0.39 is 12.0 Å². The SMILES string of the molecule is COc1nc(OCc2cccc(-c3ccccc3)c2C)ncc1CN1CCN(C(=O)CCCCCNC(C)=O)CC1C(=O)O. The number of carboxylic acid groups (broad SMARTS) is 1. The van der Waals surface area contributed by atoms with E-state index in [9.17, 15) is 19.5 Å². The number of piperazine rings is 1. The minimum Gasteiger partial charge on any atom is -0.481 e. The van der Waals surface area contributed by atoms with Crippen molar-refractivity contribution in [1.29, 1.82) is 0 Å². The Bertz CT molecular complexity index is 1430. The lowest BCUT2D eigenvalue weighted by Gasteiger charge is -2.39. The van der Waals surface area contributed by atoms with Crippen LogP contribution in [0.3, 0.4) is 0 Å². The van der Waals surface area contributed by atoms with Gasteiger partial charge in [0.2, 0.25) is 17.7 Å². The molecule has 2 heterocycles. The van der Waals surface area contributed by atoms with Crippen molar-refractivity contribution in [2.45, 2.75) is 58.7 Å². The van der Waals surface area contributed by atoms with Crippen LogP contribution in [0.25, 0.3) is 11.1 Å². The van der Waals surface area contributed by atoms with Crippen LogP contribution in [0.5, 0.6) is 11.9 Å². The summed E-state index contributed by atoms with van der Waals surface area (Å²) in [5.74, 6) is -0.803. The maximum Gasteiger partial charge on any atom is 0.322 e. The molecule has 1 atom stereocenters. The maximum atomic E-state index is 12.8. The molecule has 1 aliphatic rings. The zero-order chi connectivity index (χ0) is 31.5. The van der Waals surface area contributed by atoms with Crippen LogP contribution >= 0.6 is 0 Å². The molecular weight excluding hydrogens is 562 g/mol. The number of nitrogens with one attached hydrogen (secondary N) is 1. The summed E-state index contributed by atoms with van der Waals surface area (Å²) < 4.78 is 11.5. The predicted molar refractivity (Wildman–Crippen MR) is 165 cm³/mol. The van der Waals surface area contributed by atoms with Crippen molar-refractivity contribution in [3.8, 4) is 23.0 Å². The Labute approximate surface area is 258 Å². The Morgan fingerprint density at radius 2 is 1.82 bits per heavy atom. The minimum absolute atomic E-state index is 0.0533.